The van der Waals surface area contributed by atoms with Gasteiger partial charge in [-0.3, -0.25) is 0 Å². The zero-order valence-electron chi connectivity index (χ0n) is 10.3. The Morgan fingerprint density at radius 2 is 1.89 bits per heavy atom. The molecular formula is C13H16N2O3. The summed E-state index contributed by atoms with van der Waals surface area (Å²) >= 11 is 0. The molecule has 18 heavy (non-hydrogen) atoms. The summed E-state index contributed by atoms with van der Waals surface area (Å²) in [6.07, 6.45) is -2.03. The summed E-state index contributed by atoms with van der Waals surface area (Å²) in [6, 6.07) is 3.42. The molecule has 0 aliphatic carbocycles. The van der Waals surface area contributed by atoms with E-state index in [0.29, 0.717) is 5.82 Å². The van der Waals surface area contributed by atoms with Gasteiger partial charge in [0.05, 0.1) is 23.7 Å². The van der Waals surface area contributed by atoms with Crippen LogP contribution in [0.25, 0.3) is 11.0 Å². The third kappa shape index (κ3) is 1.35. The molecule has 0 spiro atoms. The standard InChI is InChI=1S/C13H16N2O3/c1-6-3-8-9(4-7(6)2)15-10(5-16)11(17)12(18)13(15)14-8/h3-4,10-12,16-18H,5H2,1-2H3/t10-,11+,12+/m0/s1. The number of aryl methyl sites for hydroxylation is 2. The topological polar surface area (TPSA) is 78.5 Å². The number of fused-ring (bicyclic) bond motifs is 3. The Hall–Kier alpha value is -1.43. The number of hydrogen-bond donors (Lipinski definition) is 3. The summed E-state index contributed by atoms with van der Waals surface area (Å²) in [5.41, 5.74) is 3.90. The highest BCUT2D eigenvalue weighted by Gasteiger charge is 2.40. The molecule has 0 radical (unpaired) electrons. The third-order valence-corrected chi connectivity index (χ3v) is 3.83. The highest BCUT2D eigenvalue weighted by molar-refractivity contribution is 5.78. The summed E-state index contributed by atoms with van der Waals surface area (Å²) in [6.45, 7) is 3.79. The van der Waals surface area contributed by atoms with Crippen LogP contribution in [-0.2, 0) is 0 Å². The molecule has 1 aromatic heterocycles. The zero-order chi connectivity index (χ0) is 13.0. The normalized spacial score (nSPS) is 26.8. The number of hydrogen-bond acceptors (Lipinski definition) is 4. The molecule has 0 fully saturated rings. The van der Waals surface area contributed by atoms with Gasteiger partial charge in [0.15, 0.2) is 0 Å². The third-order valence-electron chi connectivity index (χ3n) is 3.83. The Bertz CT molecular complexity index is 620. The molecule has 3 N–H and O–H groups in total. The number of benzene rings is 1. The maximum absolute atomic E-state index is 9.95. The van der Waals surface area contributed by atoms with Crippen molar-refractivity contribution >= 4 is 11.0 Å². The molecule has 0 saturated carbocycles. The fourth-order valence-electron chi connectivity index (χ4n) is 2.63. The minimum Gasteiger partial charge on any atom is -0.394 e. The summed E-state index contributed by atoms with van der Waals surface area (Å²) < 4.78 is 1.75. The van der Waals surface area contributed by atoms with Gasteiger partial charge < -0.3 is 19.9 Å². The van der Waals surface area contributed by atoms with Gasteiger partial charge in [0, 0.05) is 0 Å². The Labute approximate surface area is 104 Å². The van der Waals surface area contributed by atoms with Crippen LogP contribution in [0.3, 0.4) is 0 Å². The lowest BCUT2D eigenvalue weighted by Crippen LogP contribution is -2.23. The molecule has 0 unspecified atom stereocenters. The number of aliphatic hydroxyl groups excluding tert-OH is 3. The average Bonchev–Trinajstić information content (AvgIpc) is 2.79. The van der Waals surface area contributed by atoms with Crippen LogP contribution in [0, 0.1) is 13.8 Å². The summed E-state index contributed by atoms with van der Waals surface area (Å²) in [7, 11) is 0. The SMILES string of the molecule is Cc1cc2nc3n(c2cc1C)[C@@H](CO)[C@@H](O)[C@H]3O. The largest absolute Gasteiger partial charge is 0.394 e. The van der Waals surface area contributed by atoms with Crippen LogP contribution in [0.4, 0.5) is 0 Å². The van der Waals surface area contributed by atoms with Crippen LogP contribution >= 0.6 is 0 Å². The van der Waals surface area contributed by atoms with Gasteiger partial charge in [-0.2, -0.15) is 0 Å². The van der Waals surface area contributed by atoms with Crippen molar-refractivity contribution in [3.05, 3.63) is 29.1 Å². The Balaban J connectivity index is 2.31. The van der Waals surface area contributed by atoms with Gasteiger partial charge >= 0.3 is 0 Å². The van der Waals surface area contributed by atoms with E-state index in [4.69, 9.17) is 0 Å². The molecule has 5 heteroatoms. The van der Waals surface area contributed by atoms with Crippen LogP contribution < -0.4 is 0 Å². The van der Waals surface area contributed by atoms with Crippen molar-refractivity contribution in [3.63, 3.8) is 0 Å². The van der Waals surface area contributed by atoms with E-state index in [1.165, 1.54) is 0 Å². The minimum absolute atomic E-state index is 0.219. The van der Waals surface area contributed by atoms with Crippen LogP contribution in [-0.4, -0.2) is 37.6 Å². The molecule has 2 aromatic rings. The van der Waals surface area contributed by atoms with Crippen LogP contribution in [0.15, 0.2) is 12.1 Å². The van der Waals surface area contributed by atoms with Crippen molar-refractivity contribution in [1.82, 2.24) is 9.55 Å². The van der Waals surface area contributed by atoms with E-state index < -0.39 is 18.2 Å². The predicted molar refractivity (Wildman–Crippen MR) is 66.3 cm³/mol. The monoisotopic (exact) mass is 248 g/mol. The summed E-state index contributed by atoms with van der Waals surface area (Å²) in [4.78, 5) is 4.37. The molecule has 2 heterocycles. The van der Waals surface area contributed by atoms with E-state index in [2.05, 4.69) is 4.98 Å². The van der Waals surface area contributed by atoms with Crippen molar-refractivity contribution in [2.45, 2.75) is 32.1 Å². The van der Waals surface area contributed by atoms with Gasteiger partial charge in [0.25, 0.3) is 0 Å². The molecule has 0 saturated heterocycles. The molecule has 3 rings (SSSR count). The van der Waals surface area contributed by atoms with E-state index in [0.717, 1.165) is 22.2 Å². The number of nitrogens with zero attached hydrogens (tertiary/aromatic N) is 2. The molecule has 1 aliphatic rings. The zero-order valence-corrected chi connectivity index (χ0v) is 10.3. The minimum atomic E-state index is -1.03. The molecule has 0 amide bonds. The van der Waals surface area contributed by atoms with Gasteiger partial charge in [0.1, 0.15) is 18.0 Å². The Morgan fingerprint density at radius 3 is 2.56 bits per heavy atom. The quantitative estimate of drug-likeness (QED) is 0.690. The van der Waals surface area contributed by atoms with E-state index in [9.17, 15) is 15.3 Å². The van der Waals surface area contributed by atoms with Crippen molar-refractivity contribution in [2.24, 2.45) is 0 Å². The van der Waals surface area contributed by atoms with E-state index in [-0.39, 0.29) is 6.61 Å². The van der Waals surface area contributed by atoms with E-state index in [1.807, 2.05) is 26.0 Å². The molecule has 1 aliphatic heterocycles. The van der Waals surface area contributed by atoms with E-state index >= 15 is 0 Å². The first-order valence-electron chi connectivity index (χ1n) is 6.00. The van der Waals surface area contributed by atoms with Gasteiger partial charge in [-0.15, -0.1) is 0 Å². The molecular weight excluding hydrogens is 232 g/mol. The molecule has 0 bridgehead atoms. The summed E-state index contributed by atoms with van der Waals surface area (Å²) in [5.74, 6) is 0.432. The number of aromatic nitrogens is 2. The van der Waals surface area contributed by atoms with Crippen molar-refractivity contribution in [1.29, 1.82) is 0 Å². The first-order valence-corrected chi connectivity index (χ1v) is 6.00. The molecule has 1 aromatic carbocycles. The Kier molecular flexibility index (Phi) is 2.45. The van der Waals surface area contributed by atoms with Crippen LogP contribution in [0.2, 0.25) is 0 Å². The highest BCUT2D eigenvalue weighted by atomic mass is 16.3. The molecule has 3 atom stereocenters. The van der Waals surface area contributed by atoms with Gasteiger partial charge in [-0.1, -0.05) is 0 Å². The van der Waals surface area contributed by atoms with Gasteiger partial charge in [-0.25, -0.2) is 4.98 Å². The lowest BCUT2D eigenvalue weighted by Gasteiger charge is -2.16. The summed E-state index contributed by atoms with van der Waals surface area (Å²) in [5, 5.41) is 29.2. The lowest BCUT2D eigenvalue weighted by molar-refractivity contribution is -0.00135. The van der Waals surface area contributed by atoms with E-state index in [1.54, 1.807) is 4.57 Å². The number of rotatable bonds is 1. The first-order chi connectivity index (χ1) is 8.54. The second-order valence-electron chi connectivity index (χ2n) is 4.95. The second kappa shape index (κ2) is 3.78. The van der Waals surface area contributed by atoms with Crippen molar-refractivity contribution < 1.29 is 15.3 Å². The fraction of sp³-hybridized carbons (Fsp3) is 0.462. The van der Waals surface area contributed by atoms with Crippen molar-refractivity contribution in [2.75, 3.05) is 6.61 Å². The van der Waals surface area contributed by atoms with Crippen LogP contribution in [0.1, 0.15) is 29.1 Å². The maximum atomic E-state index is 9.95. The van der Waals surface area contributed by atoms with Gasteiger partial charge in [-0.05, 0) is 37.1 Å². The second-order valence-corrected chi connectivity index (χ2v) is 4.95. The molecule has 96 valence electrons. The number of imidazole rings is 1. The fourth-order valence-corrected chi connectivity index (χ4v) is 2.63. The first kappa shape index (κ1) is 11.6. The van der Waals surface area contributed by atoms with Crippen molar-refractivity contribution in [3.8, 4) is 0 Å². The highest BCUT2D eigenvalue weighted by Crippen LogP contribution is 2.38. The maximum Gasteiger partial charge on any atom is 0.142 e. The number of aliphatic hydroxyl groups is 3. The molecule has 5 nitrogen and oxygen atoms in total. The Morgan fingerprint density at radius 1 is 1.22 bits per heavy atom. The smallest absolute Gasteiger partial charge is 0.142 e. The van der Waals surface area contributed by atoms with Gasteiger partial charge in [0.2, 0.25) is 0 Å². The average molecular weight is 248 g/mol. The lowest BCUT2D eigenvalue weighted by atomic mass is 10.1. The predicted octanol–water partition coefficient (Wildman–Crippen LogP) is 0.594. The van der Waals surface area contributed by atoms with Crippen LogP contribution in [0.5, 0.6) is 0 Å².